The second-order valence-corrected chi connectivity index (χ2v) is 6.91. The molecule has 0 atom stereocenters. The van der Waals surface area contributed by atoms with Crippen LogP contribution in [-0.2, 0) is 30.5 Å². The molecule has 0 aromatic heterocycles. The summed E-state index contributed by atoms with van der Waals surface area (Å²) in [5, 5.41) is 2.67. The first-order valence-electron chi connectivity index (χ1n) is 10.00. The van der Waals surface area contributed by atoms with E-state index in [-0.39, 0.29) is 29.5 Å². The highest BCUT2D eigenvalue weighted by molar-refractivity contribution is 5.91. The fourth-order valence-corrected chi connectivity index (χ4v) is 2.66. The Morgan fingerprint density at radius 2 is 1.15 bits per heavy atom. The van der Waals surface area contributed by atoms with Gasteiger partial charge in [0, 0.05) is 40.3 Å². The summed E-state index contributed by atoms with van der Waals surface area (Å²) in [6.07, 6.45) is 2.74. The van der Waals surface area contributed by atoms with Gasteiger partial charge in [-0.1, -0.05) is 12.1 Å². The molecule has 2 rings (SSSR count). The SMILES string of the molecule is CC(=O)Oc1ccc(C=CC(=O)NCc2ccc(OC(C)=O)c(OC(C)=O)c2)cc1OC(C)=O. The quantitative estimate of drug-likeness (QED) is 0.352. The van der Waals surface area contributed by atoms with Crippen molar-refractivity contribution in [2.75, 3.05) is 0 Å². The van der Waals surface area contributed by atoms with E-state index in [1.165, 1.54) is 64.1 Å². The Morgan fingerprint density at radius 1 is 0.676 bits per heavy atom. The molecule has 0 spiro atoms. The summed E-state index contributed by atoms with van der Waals surface area (Å²) in [4.78, 5) is 57.3. The van der Waals surface area contributed by atoms with Crippen LogP contribution >= 0.6 is 0 Å². The summed E-state index contributed by atoms with van der Waals surface area (Å²) < 4.78 is 20.1. The summed E-state index contributed by atoms with van der Waals surface area (Å²) in [7, 11) is 0. The van der Waals surface area contributed by atoms with Gasteiger partial charge in [-0.05, 0) is 41.5 Å². The van der Waals surface area contributed by atoms with E-state index < -0.39 is 29.8 Å². The van der Waals surface area contributed by atoms with Gasteiger partial charge in [-0.3, -0.25) is 24.0 Å². The molecule has 0 unspecified atom stereocenters. The monoisotopic (exact) mass is 469 g/mol. The van der Waals surface area contributed by atoms with Crippen molar-refractivity contribution in [2.24, 2.45) is 0 Å². The van der Waals surface area contributed by atoms with Crippen molar-refractivity contribution in [3.05, 3.63) is 53.6 Å². The highest BCUT2D eigenvalue weighted by Gasteiger charge is 2.12. The Kier molecular flexibility index (Phi) is 9.07. The van der Waals surface area contributed by atoms with Crippen molar-refractivity contribution in [1.82, 2.24) is 5.32 Å². The molecule has 34 heavy (non-hydrogen) atoms. The molecule has 1 amide bonds. The smallest absolute Gasteiger partial charge is 0.308 e. The minimum absolute atomic E-state index is 0.0381. The first-order chi connectivity index (χ1) is 16.0. The van der Waals surface area contributed by atoms with E-state index in [1.807, 2.05) is 0 Å². The number of ether oxygens (including phenoxy) is 4. The number of amides is 1. The zero-order chi connectivity index (χ0) is 25.3. The molecule has 10 heteroatoms. The van der Waals surface area contributed by atoms with Crippen LogP contribution in [0.25, 0.3) is 6.08 Å². The molecular weight excluding hydrogens is 446 g/mol. The predicted molar refractivity (Wildman–Crippen MR) is 119 cm³/mol. The number of carbonyl (C=O) groups is 5. The number of hydrogen-bond acceptors (Lipinski definition) is 9. The lowest BCUT2D eigenvalue weighted by molar-refractivity contribution is -0.134. The molecule has 178 valence electrons. The Bertz CT molecular complexity index is 1150. The lowest BCUT2D eigenvalue weighted by Gasteiger charge is -2.11. The third-order valence-corrected chi connectivity index (χ3v) is 3.88. The maximum absolute atomic E-state index is 12.2. The summed E-state index contributed by atoms with van der Waals surface area (Å²) in [5.74, 6) is -2.52. The number of nitrogens with one attached hydrogen (secondary N) is 1. The fourth-order valence-electron chi connectivity index (χ4n) is 2.66. The molecule has 2 aromatic carbocycles. The number of rotatable bonds is 8. The van der Waals surface area contributed by atoms with Crippen molar-refractivity contribution < 1.29 is 42.9 Å². The van der Waals surface area contributed by atoms with Gasteiger partial charge in [-0.15, -0.1) is 0 Å². The Labute approximate surface area is 195 Å². The van der Waals surface area contributed by atoms with Crippen LogP contribution in [0.5, 0.6) is 23.0 Å². The van der Waals surface area contributed by atoms with Gasteiger partial charge >= 0.3 is 23.9 Å². The molecule has 0 heterocycles. The predicted octanol–water partition coefficient (Wildman–Crippen LogP) is 2.72. The molecule has 0 aliphatic carbocycles. The Morgan fingerprint density at radius 3 is 1.68 bits per heavy atom. The van der Waals surface area contributed by atoms with Crippen LogP contribution in [0.3, 0.4) is 0 Å². The van der Waals surface area contributed by atoms with Gasteiger partial charge in [0.05, 0.1) is 0 Å². The van der Waals surface area contributed by atoms with Gasteiger partial charge < -0.3 is 24.3 Å². The minimum atomic E-state index is -0.597. The number of benzene rings is 2. The molecular formula is C24H23NO9. The standard InChI is InChI=1S/C24H23NO9/c1-14(26)31-20-8-5-18(11-22(20)33-16(3)28)7-10-24(30)25-13-19-6-9-21(32-15(2)27)23(12-19)34-17(4)29/h5-12H,13H2,1-4H3,(H,25,30). The van der Waals surface area contributed by atoms with E-state index in [2.05, 4.69) is 5.32 Å². The summed E-state index contributed by atoms with van der Waals surface area (Å²) in [6.45, 7) is 4.95. The Hall–Kier alpha value is -4.47. The lowest BCUT2D eigenvalue weighted by Crippen LogP contribution is -2.20. The second kappa shape index (κ2) is 12.0. The van der Waals surface area contributed by atoms with Crippen LogP contribution in [0, 0.1) is 0 Å². The summed E-state index contributed by atoms with van der Waals surface area (Å²) >= 11 is 0. The zero-order valence-corrected chi connectivity index (χ0v) is 19.0. The summed E-state index contributed by atoms with van der Waals surface area (Å²) in [6, 6.07) is 9.00. The molecule has 0 saturated heterocycles. The topological polar surface area (TPSA) is 134 Å². The minimum Gasteiger partial charge on any atom is -0.423 e. The van der Waals surface area contributed by atoms with E-state index >= 15 is 0 Å². The lowest BCUT2D eigenvalue weighted by atomic mass is 10.1. The van der Waals surface area contributed by atoms with E-state index in [0.29, 0.717) is 11.1 Å². The highest BCUT2D eigenvalue weighted by atomic mass is 16.6. The zero-order valence-electron chi connectivity index (χ0n) is 19.0. The van der Waals surface area contributed by atoms with Gasteiger partial charge in [0.25, 0.3) is 0 Å². The molecule has 1 N–H and O–H groups in total. The van der Waals surface area contributed by atoms with Crippen LogP contribution in [0.4, 0.5) is 0 Å². The molecule has 0 aliphatic rings. The Balaban J connectivity index is 2.09. The average Bonchev–Trinajstić information content (AvgIpc) is 2.72. The number of carbonyl (C=O) groups excluding carboxylic acids is 5. The molecule has 0 fully saturated rings. The highest BCUT2D eigenvalue weighted by Crippen LogP contribution is 2.30. The molecule has 10 nitrogen and oxygen atoms in total. The normalized spacial score (nSPS) is 10.4. The molecule has 0 radical (unpaired) electrons. The number of esters is 4. The third kappa shape index (κ3) is 8.58. The van der Waals surface area contributed by atoms with E-state index in [9.17, 15) is 24.0 Å². The van der Waals surface area contributed by atoms with Crippen LogP contribution in [0.1, 0.15) is 38.8 Å². The van der Waals surface area contributed by atoms with Crippen LogP contribution < -0.4 is 24.3 Å². The van der Waals surface area contributed by atoms with Crippen LogP contribution in [0.2, 0.25) is 0 Å². The van der Waals surface area contributed by atoms with Gasteiger partial charge in [-0.25, -0.2) is 0 Å². The van der Waals surface area contributed by atoms with Crippen molar-refractivity contribution in [2.45, 2.75) is 34.2 Å². The van der Waals surface area contributed by atoms with Gasteiger partial charge in [0.2, 0.25) is 5.91 Å². The second-order valence-electron chi connectivity index (χ2n) is 6.91. The van der Waals surface area contributed by atoms with Crippen molar-refractivity contribution >= 4 is 35.9 Å². The molecule has 0 saturated carbocycles. The van der Waals surface area contributed by atoms with Crippen molar-refractivity contribution in [3.8, 4) is 23.0 Å². The van der Waals surface area contributed by atoms with Crippen molar-refractivity contribution in [3.63, 3.8) is 0 Å². The van der Waals surface area contributed by atoms with Crippen LogP contribution in [0.15, 0.2) is 42.5 Å². The fraction of sp³-hybridized carbons (Fsp3) is 0.208. The number of hydrogen-bond donors (Lipinski definition) is 1. The first kappa shape index (κ1) is 25.8. The van der Waals surface area contributed by atoms with Gasteiger partial charge in [-0.2, -0.15) is 0 Å². The van der Waals surface area contributed by atoms with Crippen LogP contribution in [-0.4, -0.2) is 29.8 Å². The van der Waals surface area contributed by atoms with E-state index in [0.717, 1.165) is 0 Å². The van der Waals surface area contributed by atoms with Crippen molar-refractivity contribution in [1.29, 1.82) is 0 Å². The maximum Gasteiger partial charge on any atom is 0.308 e. The molecule has 0 bridgehead atoms. The summed E-state index contributed by atoms with van der Waals surface area (Å²) in [5.41, 5.74) is 1.11. The molecule has 0 aliphatic heterocycles. The first-order valence-corrected chi connectivity index (χ1v) is 10.00. The molecule has 2 aromatic rings. The van der Waals surface area contributed by atoms with Gasteiger partial charge in [0.1, 0.15) is 0 Å². The third-order valence-electron chi connectivity index (χ3n) is 3.88. The maximum atomic E-state index is 12.2. The largest absolute Gasteiger partial charge is 0.423 e. The van der Waals surface area contributed by atoms with E-state index in [4.69, 9.17) is 18.9 Å². The van der Waals surface area contributed by atoms with Gasteiger partial charge in [0.15, 0.2) is 23.0 Å². The average molecular weight is 469 g/mol. The van der Waals surface area contributed by atoms with E-state index in [1.54, 1.807) is 12.1 Å².